The highest BCUT2D eigenvalue weighted by Crippen LogP contribution is 2.34. The zero-order valence-electron chi connectivity index (χ0n) is 15.6. The number of aryl methyl sites for hydroxylation is 1. The van der Waals surface area contributed by atoms with Crippen LogP contribution in [0.15, 0.2) is 18.2 Å². The van der Waals surface area contributed by atoms with Gasteiger partial charge in [0.05, 0.1) is 26.4 Å². The van der Waals surface area contributed by atoms with Crippen LogP contribution in [-0.4, -0.2) is 32.7 Å². The minimum absolute atomic E-state index is 0.275. The molecule has 1 amide bonds. The Kier molecular flexibility index (Phi) is 6.63. The molecule has 0 saturated carbocycles. The number of ether oxygens (including phenoxy) is 3. The normalized spacial score (nSPS) is 10.3. The quantitative estimate of drug-likeness (QED) is 0.737. The fourth-order valence-electron chi connectivity index (χ4n) is 2.63. The van der Waals surface area contributed by atoms with Gasteiger partial charge in [-0.05, 0) is 38.0 Å². The zero-order valence-corrected chi connectivity index (χ0v) is 16.4. The third-order valence-corrected chi connectivity index (χ3v) is 4.95. The van der Waals surface area contributed by atoms with Crippen LogP contribution in [0, 0.1) is 6.92 Å². The summed E-state index contributed by atoms with van der Waals surface area (Å²) in [6, 6.07) is 4.91. The molecule has 6 nitrogen and oxygen atoms in total. The second kappa shape index (κ2) is 8.71. The number of hydrogen-bond donors (Lipinski definition) is 1. The Balaban J connectivity index is 2.39. The van der Waals surface area contributed by atoms with Gasteiger partial charge in [0, 0.05) is 16.5 Å². The van der Waals surface area contributed by atoms with E-state index in [4.69, 9.17) is 14.2 Å². The summed E-state index contributed by atoms with van der Waals surface area (Å²) >= 11 is 1.37. The number of nitrogens with one attached hydrogen (secondary N) is 1. The average Bonchev–Trinajstić information content (AvgIpc) is 2.96. The van der Waals surface area contributed by atoms with Crippen molar-refractivity contribution in [1.82, 2.24) is 0 Å². The molecular weight excluding hydrogens is 354 g/mol. The first-order valence-electron chi connectivity index (χ1n) is 8.28. The Morgan fingerprint density at radius 3 is 2.19 bits per heavy atom. The lowest BCUT2D eigenvalue weighted by Crippen LogP contribution is -2.15. The standard InChI is InChI=1S/C19H23NO5S/c1-6-15-11(3)26-18(16(15)19(22)25-7-2)20-17(21)12-8-13(23-4)10-14(9-12)24-5/h8-10H,6-7H2,1-5H3,(H,20,21). The molecule has 26 heavy (non-hydrogen) atoms. The van der Waals surface area contributed by atoms with E-state index in [9.17, 15) is 9.59 Å². The maximum atomic E-state index is 12.7. The molecular formula is C19H23NO5S. The Morgan fingerprint density at radius 1 is 1.08 bits per heavy atom. The summed E-state index contributed by atoms with van der Waals surface area (Å²) in [5, 5.41) is 3.32. The van der Waals surface area contributed by atoms with Gasteiger partial charge in [0.15, 0.2) is 0 Å². The number of anilines is 1. The van der Waals surface area contributed by atoms with Crippen LogP contribution in [0.3, 0.4) is 0 Å². The third-order valence-electron chi connectivity index (χ3n) is 3.88. The summed E-state index contributed by atoms with van der Waals surface area (Å²) in [7, 11) is 3.04. The van der Waals surface area contributed by atoms with Crippen molar-refractivity contribution in [2.45, 2.75) is 27.2 Å². The van der Waals surface area contributed by atoms with Crippen molar-refractivity contribution in [2.75, 3.05) is 26.1 Å². The van der Waals surface area contributed by atoms with E-state index < -0.39 is 5.97 Å². The van der Waals surface area contributed by atoms with Gasteiger partial charge in [0.25, 0.3) is 5.91 Å². The van der Waals surface area contributed by atoms with E-state index in [1.807, 2.05) is 13.8 Å². The Bertz CT molecular complexity index is 790. The number of methoxy groups -OCH3 is 2. The summed E-state index contributed by atoms with van der Waals surface area (Å²) in [6.07, 6.45) is 0.680. The van der Waals surface area contributed by atoms with Crippen molar-refractivity contribution in [3.63, 3.8) is 0 Å². The second-order valence-electron chi connectivity index (χ2n) is 5.47. The molecule has 0 atom stereocenters. The smallest absolute Gasteiger partial charge is 0.341 e. The van der Waals surface area contributed by atoms with Crippen molar-refractivity contribution >= 4 is 28.2 Å². The summed E-state index contributed by atoms with van der Waals surface area (Å²) in [4.78, 5) is 26.1. The number of esters is 1. The lowest BCUT2D eigenvalue weighted by atomic mass is 10.1. The van der Waals surface area contributed by atoms with E-state index in [-0.39, 0.29) is 12.5 Å². The minimum Gasteiger partial charge on any atom is -0.497 e. The van der Waals surface area contributed by atoms with Gasteiger partial charge in [0.1, 0.15) is 16.5 Å². The lowest BCUT2D eigenvalue weighted by Gasteiger charge is -2.10. The fourth-order valence-corrected chi connectivity index (χ4v) is 3.75. The summed E-state index contributed by atoms with van der Waals surface area (Å²) in [5.74, 6) is 0.248. The zero-order chi connectivity index (χ0) is 19.3. The highest BCUT2D eigenvalue weighted by atomic mass is 32.1. The number of benzene rings is 1. The van der Waals surface area contributed by atoms with Crippen LogP contribution in [0.1, 0.15) is 45.0 Å². The van der Waals surface area contributed by atoms with Gasteiger partial charge in [-0.3, -0.25) is 4.79 Å². The molecule has 2 aromatic rings. The molecule has 0 bridgehead atoms. The molecule has 1 aromatic heterocycles. The summed E-state index contributed by atoms with van der Waals surface area (Å²) in [5.41, 5.74) is 1.70. The van der Waals surface area contributed by atoms with Gasteiger partial charge in [0.2, 0.25) is 0 Å². The Labute approximate surface area is 157 Å². The van der Waals surface area contributed by atoms with Gasteiger partial charge >= 0.3 is 5.97 Å². The molecule has 0 saturated heterocycles. The van der Waals surface area contributed by atoms with Crippen LogP contribution < -0.4 is 14.8 Å². The average molecular weight is 377 g/mol. The molecule has 7 heteroatoms. The predicted molar refractivity (Wildman–Crippen MR) is 102 cm³/mol. The minimum atomic E-state index is -0.424. The van der Waals surface area contributed by atoms with Gasteiger partial charge in [-0.1, -0.05) is 6.92 Å². The first kappa shape index (κ1) is 19.8. The second-order valence-corrected chi connectivity index (χ2v) is 6.70. The molecule has 0 aliphatic rings. The number of thiophene rings is 1. The van der Waals surface area contributed by atoms with Crippen molar-refractivity contribution in [2.24, 2.45) is 0 Å². The molecule has 0 radical (unpaired) electrons. The van der Waals surface area contributed by atoms with E-state index in [0.29, 0.717) is 34.0 Å². The molecule has 0 unspecified atom stereocenters. The fraction of sp³-hybridized carbons (Fsp3) is 0.368. The summed E-state index contributed by atoms with van der Waals surface area (Å²) < 4.78 is 15.6. The first-order valence-corrected chi connectivity index (χ1v) is 9.10. The van der Waals surface area contributed by atoms with Crippen molar-refractivity contribution < 1.29 is 23.8 Å². The molecule has 1 N–H and O–H groups in total. The first-order chi connectivity index (χ1) is 12.4. The number of carbonyl (C=O) groups excluding carboxylic acids is 2. The van der Waals surface area contributed by atoms with Crippen molar-refractivity contribution in [1.29, 1.82) is 0 Å². The number of hydrogen-bond acceptors (Lipinski definition) is 6. The lowest BCUT2D eigenvalue weighted by molar-refractivity contribution is 0.0527. The molecule has 0 spiro atoms. The van der Waals surface area contributed by atoms with E-state index in [2.05, 4.69) is 5.32 Å². The van der Waals surface area contributed by atoms with E-state index in [0.717, 1.165) is 10.4 Å². The van der Waals surface area contributed by atoms with E-state index in [1.165, 1.54) is 25.6 Å². The topological polar surface area (TPSA) is 73.9 Å². The predicted octanol–water partition coefficient (Wildman–Crippen LogP) is 4.07. The molecule has 0 fully saturated rings. The molecule has 0 aliphatic carbocycles. The molecule has 140 valence electrons. The maximum absolute atomic E-state index is 12.7. The molecule has 1 aromatic carbocycles. The molecule has 0 aliphatic heterocycles. The highest BCUT2D eigenvalue weighted by Gasteiger charge is 2.24. The van der Waals surface area contributed by atoms with Crippen molar-refractivity contribution in [3.05, 3.63) is 39.8 Å². The number of carbonyl (C=O) groups is 2. The van der Waals surface area contributed by atoms with Gasteiger partial charge < -0.3 is 19.5 Å². The third kappa shape index (κ3) is 4.16. The SMILES string of the molecule is CCOC(=O)c1c(NC(=O)c2cc(OC)cc(OC)c2)sc(C)c1CC. The number of rotatable bonds is 7. The van der Waals surface area contributed by atoms with Crippen LogP contribution in [0.25, 0.3) is 0 Å². The van der Waals surface area contributed by atoms with E-state index >= 15 is 0 Å². The largest absolute Gasteiger partial charge is 0.497 e. The van der Waals surface area contributed by atoms with Crippen LogP contribution in [0.5, 0.6) is 11.5 Å². The maximum Gasteiger partial charge on any atom is 0.341 e. The highest BCUT2D eigenvalue weighted by molar-refractivity contribution is 7.16. The van der Waals surface area contributed by atoms with Crippen LogP contribution in [0.4, 0.5) is 5.00 Å². The van der Waals surface area contributed by atoms with Gasteiger partial charge in [-0.15, -0.1) is 11.3 Å². The Hall–Kier alpha value is -2.54. The number of amides is 1. The monoisotopic (exact) mass is 377 g/mol. The van der Waals surface area contributed by atoms with Gasteiger partial charge in [-0.2, -0.15) is 0 Å². The van der Waals surface area contributed by atoms with Crippen LogP contribution >= 0.6 is 11.3 Å². The molecule has 2 rings (SSSR count). The van der Waals surface area contributed by atoms with Gasteiger partial charge in [-0.25, -0.2) is 4.79 Å². The Morgan fingerprint density at radius 2 is 1.69 bits per heavy atom. The van der Waals surface area contributed by atoms with E-state index in [1.54, 1.807) is 25.1 Å². The van der Waals surface area contributed by atoms with Crippen LogP contribution in [-0.2, 0) is 11.2 Å². The van der Waals surface area contributed by atoms with Crippen molar-refractivity contribution in [3.8, 4) is 11.5 Å². The molecule has 1 heterocycles. The summed E-state index contributed by atoms with van der Waals surface area (Å²) in [6.45, 7) is 5.92. The van der Waals surface area contributed by atoms with Crippen LogP contribution in [0.2, 0.25) is 0 Å².